The van der Waals surface area contributed by atoms with Gasteiger partial charge in [-0.15, -0.1) is 0 Å². The van der Waals surface area contributed by atoms with E-state index >= 15 is 0 Å². The Morgan fingerprint density at radius 2 is 2.08 bits per heavy atom. The summed E-state index contributed by atoms with van der Waals surface area (Å²) in [5.74, 6) is 1.03. The van der Waals surface area contributed by atoms with Gasteiger partial charge in [0.2, 0.25) is 0 Å². The minimum atomic E-state index is 0.749. The van der Waals surface area contributed by atoms with Crippen LogP contribution in [0.4, 0.5) is 0 Å². The van der Waals surface area contributed by atoms with Crippen molar-refractivity contribution in [3.63, 3.8) is 0 Å². The van der Waals surface area contributed by atoms with E-state index < -0.39 is 0 Å². The molecule has 2 fully saturated rings. The average molecular weight is 181 g/mol. The van der Waals surface area contributed by atoms with Gasteiger partial charge < -0.3 is 5.32 Å². The first-order valence-electron chi connectivity index (χ1n) is 6.05. The van der Waals surface area contributed by atoms with Crippen LogP contribution >= 0.6 is 0 Å². The topological polar surface area (TPSA) is 12.0 Å². The second-order valence-corrected chi connectivity index (χ2v) is 5.18. The van der Waals surface area contributed by atoms with Gasteiger partial charge in [0, 0.05) is 6.54 Å². The second-order valence-electron chi connectivity index (χ2n) is 5.18. The van der Waals surface area contributed by atoms with Gasteiger partial charge in [-0.1, -0.05) is 19.8 Å². The molecule has 0 radical (unpaired) electrons. The van der Waals surface area contributed by atoms with E-state index in [1.807, 2.05) is 0 Å². The lowest BCUT2D eigenvalue weighted by atomic mass is 9.85. The third-order valence-corrected chi connectivity index (χ3v) is 3.90. The summed E-state index contributed by atoms with van der Waals surface area (Å²) in [7, 11) is 0. The fourth-order valence-electron chi connectivity index (χ4n) is 2.46. The number of nitrogens with one attached hydrogen (secondary N) is 1. The zero-order chi connectivity index (χ0) is 9.15. The van der Waals surface area contributed by atoms with Crippen molar-refractivity contribution in [1.29, 1.82) is 0 Å². The molecule has 1 nitrogen and oxygen atoms in total. The zero-order valence-corrected chi connectivity index (χ0v) is 8.94. The smallest absolute Gasteiger partial charge is 0.000793 e. The van der Waals surface area contributed by atoms with Gasteiger partial charge in [0.15, 0.2) is 0 Å². The fourth-order valence-corrected chi connectivity index (χ4v) is 2.46. The highest BCUT2D eigenvalue weighted by Gasteiger charge is 2.40. The summed E-state index contributed by atoms with van der Waals surface area (Å²) in [4.78, 5) is 0. The Balaban J connectivity index is 1.56. The molecular formula is C12H23N. The molecule has 1 heteroatoms. The Morgan fingerprint density at radius 3 is 2.54 bits per heavy atom. The Hall–Kier alpha value is -0.0400. The van der Waals surface area contributed by atoms with Crippen LogP contribution in [0.5, 0.6) is 0 Å². The van der Waals surface area contributed by atoms with Crippen molar-refractivity contribution in [2.75, 3.05) is 13.1 Å². The minimum absolute atomic E-state index is 0.749. The van der Waals surface area contributed by atoms with E-state index in [4.69, 9.17) is 0 Å². The van der Waals surface area contributed by atoms with Crippen molar-refractivity contribution in [2.45, 2.75) is 51.9 Å². The molecule has 0 bridgehead atoms. The summed E-state index contributed by atoms with van der Waals surface area (Å²) in [6.45, 7) is 4.91. The molecule has 2 aliphatic carbocycles. The van der Waals surface area contributed by atoms with Gasteiger partial charge in [-0.3, -0.25) is 0 Å². The first-order valence-corrected chi connectivity index (χ1v) is 6.05. The van der Waals surface area contributed by atoms with E-state index in [0.717, 1.165) is 11.3 Å². The average Bonchev–Trinajstić information content (AvgIpc) is 2.77. The molecule has 0 amide bonds. The van der Waals surface area contributed by atoms with E-state index in [0.29, 0.717) is 0 Å². The largest absolute Gasteiger partial charge is 0.316 e. The zero-order valence-electron chi connectivity index (χ0n) is 8.94. The summed E-state index contributed by atoms with van der Waals surface area (Å²) in [5.41, 5.74) is 0.749. The highest BCUT2D eigenvalue weighted by atomic mass is 14.9. The molecular weight excluding hydrogens is 158 g/mol. The third-order valence-electron chi connectivity index (χ3n) is 3.90. The molecule has 0 aromatic heterocycles. The Labute approximate surface area is 82.3 Å². The van der Waals surface area contributed by atoms with Gasteiger partial charge in [0.25, 0.3) is 0 Å². The summed E-state index contributed by atoms with van der Waals surface area (Å²) >= 11 is 0. The molecule has 0 atom stereocenters. The predicted molar refractivity (Wildman–Crippen MR) is 56.8 cm³/mol. The molecule has 2 saturated carbocycles. The Bertz CT molecular complexity index is 157. The quantitative estimate of drug-likeness (QED) is 0.664. The van der Waals surface area contributed by atoms with Gasteiger partial charge >= 0.3 is 0 Å². The molecule has 0 heterocycles. The van der Waals surface area contributed by atoms with Crippen molar-refractivity contribution in [1.82, 2.24) is 5.32 Å². The van der Waals surface area contributed by atoms with E-state index in [9.17, 15) is 0 Å². The highest BCUT2D eigenvalue weighted by Crippen LogP contribution is 2.48. The molecule has 0 aromatic carbocycles. The first-order chi connectivity index (χ1) is 6.35. The minimum Gasteiger partial charge on any atom is -0.316 e. The lowest BCUT2D eigenvalue weighted by molar-refractivity contribution is 0.288. The maximum atomic E-state index is 3.67. The molecule has 2 aliphatic rings. The predicted octanol–water partition coefficient (Wildman–Crippen LogP) is 2.96. The summed E-state index contributed by atoms with van der Waals surface area (Å²) in [5, 5.41) is 3.67. The molecule has 76 valence electrons. The first kappa shape index (κ1) is 9.51. The third kappa shape index (κ3) is 2.46. The Morgan fingerprint density at radius 1 is 1.31 bits per heavy atom. The number of rotatable bonds is 6. The SMILES string of the molecule is CCCC1(CNCC2CCC2)CC1. The molecule has 1 N–H and O–H groups in total. The van der Waals surface area contributed by atoms with Gasteiger partial charge in [-0.05, 0) is 50.0 Å². The molecule has 13 heavy (non-hydrogen) atoms. The molecule has 0 aromatic rings. The van der Waals surface area contributed by atoms with Crippen LogP contribution in [0.1, 0.15) is 51.9 Å². The van der Waals surface area contributed by atoms with Crippen LogP contribution in [0, 0.1) is 11.3 Å². The maximum absolute atomic E-state index is 3.67. The lowest BCUT2D eigenvalue weighted by Gasteiger charge is -2.26. The molecule has 0 unspecified atom stereocenters. The standard InChI is InChI=1S/C12H23N/c1-2-6-12(7-8-12)10-13-9-11-4-3-5-11/h11,13H,2-10H2,1H3. The van der Waals surface area contributed by atoms with Crippen LogP contribution in [0.25, 0.3) is 0 Å². The highest BCUT2D eigenvalue weighted by molar-refractivity contribution is 4.94. The molecule has 2 rings (SSSR count). The molecule has 0 aliphatic heterocycles. The lowest BCUT2D eigenvalue weighted by Crippen LogP contribution is -2.31. The van der Waals surface area contributed by atoms with Crippen molar-refractivity contribution < 1.29 is 0 Å². The summed E-state index contributed by atoms with van der Waals surface area (Å²) in [6, 6.07) is 0. The Kier molecular flexibility index (Phi) is 2.92. The van der Waals surface area contributed by atoms with E-state index in [1.165, 1.54) is 58.0 Å². The summed E-state index contributed by atoms with van der Waals surface area (Å²) < 4.78 is 0. The number of hydrogen-bond donors (Lipinski definition) is 1. The van der Waals surface area contributed by atoms with Crippen LogP contribution in [0.15, 0.2) is 0 Å². The second kappa shape index (κ2) is 4.00. The van der Waals surface area contributed by atoms with Crippen LogP contribution < -0.4 is 5.32 Å². The van der Waals surface area contributed by atoms with Crippen molar-refractivity contribution in [3.8, 4) is 0 Å². The molecule has 0 saturated heterocycles. The van der Waals surface area contributed by atoms with Crippen LogP contribution in [-0.2, 0) is 0 Å². The van der Waals surface area contributed by atoms with Crippen molar-refractivity contribution >= 4 is 0 Å². The van der Waals surface area contributed by atoms with Gasteiger partial charge in [0.05, 0.1) is 0 Å². The van der Waals surface area contributed by atoms with E-state index in [2.05, 4.69) is 12.2 Å². The van der Waals surface area contributed by atoms with Gasteiger partial charge in [0.1, 0.15) is 0 Å². The van der Waals surface area contributed by atoms with E-state index in [1.54, 1.807) is 0 Å². The number of hydrogen-bond acceptors (Lipinski definition) is 1. The van der Waals surface area contributed by atoms with Gasteiger partial charge in [-0.25, -0.2) is 0 Å². The van der Waals surface area contributed by atoms with Crippen LogP contribution in [0.3, 0.4) is 0 Å². The van der Waals surface area contributed by atoms with Crippen molar-refractivity contribution in [2.24, 2.45) is 11.3 Å². The monoisotopic (exact) mass is 181 g/mol. The maximum Gasteiger partial charge on any atom is 0.000793 e. The summed E-state index contributed by atoms with van der Waals surface area (Å²) in [6.07, 6.45) is 10.2. The normalized spacial score (nSPS) is 25.6. The van der Waals surface area contributed by atoms with Crippen LogP contribution in [-0.4, -0.2) is 13.1 Å². The fraction of sp³-hybridized carbons (Fsp3) is 1.00. The molecule has 0 spiro atoms. The van der Waals surface area contributed by atoms with Crippen LogP contribution in [0.2, 0.25) is 0 Å². The van der Waals surface area contributed by atoms with Crippen molar-refractivity contribution in [3.05, 3.63) is 0 Å². The van der Waals surface area contributed by atoms with Gasteiger partial charge in [-0.2, -0.15) is 0 Å². The van der Waals surface area contributed by atoms with E-state index in [-0.39, 0.29) is 0 Å².